The summed E-state index contributed by atoms with van der Waals surface area (Å²) in [5.74, 6) is 0.468. The highest BCUT2D eigenvalue weighted by Crippen LogP contribution is 2.52. The molecule has 0 bridgehead atoms. The summed E-state index contributed by atoms with van der Waals surface area (Å²) in [5.41, 5.74) is 1.90. The maximum atomic E-state index is 13.0. The Morgan fingerprint density at radius 2 is 1.83 bits per heavy atom. The number of carbonyl (C=O) groups is 2. The third-order valence-corrected chi connectivity index (χ3v) is 5.96. The molecule has 156 valence electrons. The molecule has 7 heteroatoms. The van der Waals surface area contributed by atoms with E-state index < -0.39 is 11.1 Å². The molecule has 1 aliphatic heterocycles. The summed E-state index contributed by atoms with van der Waals surface area (Å²) in [4.78, 5) is 31.4. The third-order valence-electron chi connectivity index (χ3n) is 5.96. The van der Waals surface area contributed by atoms with Crippen molar-refractivity contribution in [2.24, 2.45) is 17.8 Å². The zero-order chi connectivity index (χ0) is 21.1. The number of hydrogen-bond donors (Lipinski definition) is 1. The smallest absolute Gasteiger partial charge is 0.410 e. The minimum Gasteiger partial charge on any atom is -0.444 e. The van der Waals surface area contributed by atoms with Crippen LogP contribution in [0.2, 0.25) is 0 Å². The maximum Gasteiger partial charge on any atom is 0.410 e. The quantitative estimate of drug-likeness (QED) is 0.862. The highest BCUT2D eigenvalue weighted by atomic mass is 16.6. The zero-order valence-corrected chi connectivity index (χ0v) is 18.0. The molecule has 1 N–H and O–H groups in total. The van der Waals surface area contributed by atoms with E-state index in [4.69, 9.17) is 4.74 Å². The average molecular weight is 399 g/mol. The van der Waals surface area contributed by atoms with Crippen LogP contribution < -0.4 is 5.32 Å². The van der Waals surface area contributed by atoms with Gasteiger partial charge < -0.3 is 19.4 Å². The number of imidazole rings is 1. The van der Waals surface area contributed by atoms with Crippen molar-refractivity contribution in [3.05, 3.63) is 35.8 Å². The second-order valence-corrected chi connectivity index (χ2v) is 9.88. The molecule has 4 rings (SSSR count). The van der Waals surface area contributed by atoms with Gasteiger partial charge in [0, 0.05) is 25.2 Å². The molecule has 0 aromatic carbocycles. The number of nitrogens with one attached hydrogen (secondary N) is 1. The van der Waals surface area contributed by atoms with Gasteiger partial charge in [0.25, 0.3) is 0 Å². The number of carbonyl (C=O) groups excluding carboxylic acids is 2. The first-order valence-corrected chi connectivity index (χ1v) is 10.2. The fraction of sp³-hybridized carbons (Fsp3) is 0.591. The number of nitrogens with zero attached hydrogens (tertiary/aromatic N) is 3. The van der Waals surface area contributed by atoms with Gasteiger partial charge in [0.1, 0.15) is 11.2 Å². The first-order valence-electron chi connectivity index (χ1n) is 10.2. The van der Waals surface area contributed by atoms with Crippen molar-refractivity contribution in [1.29, 1.82) is 0 Å². The van der Waals surface area contributed by atoms with E-state index in [-0.39, 0.29) is 29.8 Å². The molecule has 2 aromatic rings. The average Bonchev–Trinajstić information content (AvgIpc) is 2.96. The van der Waals surface area contributed by atoms with Gasteiger partial charge in [0.2, 0.25) is 5.91 Å². The SMILES string of the molecule is Cc1cccn2c(C(C)(C)NC(=O)C3[C@H]4CN(C(=O)OC(C)(C)C)C[C@@H]34)cnc12. The Bertz CT molecular complexity index is 960. The monoisotopic (exact) mass is 398 g/mol. The van der Waals surface area contributed by atoms with Gasteiger partial charge in [-0.3, -0.25) is 4.79 Å². The highest BCUT2D eigenvalue weighted by molar-refractivity contribution is 5.84. The van der Waals surface area contributed by atoms with E-state index in [0.29, 0.717) is 13.1 Å². The molecule has 2 fully saturated rings. The van der Waals surface area contributed by atoms with Crippen LogP contribution in [0.25, 0.3) is 5.65 Å². The molecule has 1 unspecified atom stereocenters. The minimum atomic E-state index is -0.550. The third kappa shape index (κ3) is 3.58. The second kappa shape index (κ2) is 6.47. The lowest BCUT2D eigenvalue weighted by molar-refractivity contribution is -0.125. The lowest BCUT2D eigenvalue weighted by Gasteiger charge is -2.28. The number of aromatic nitrogens is 2. The summed E-state index contributed by atoms with van der Waals surface area (Å²) in [6, 6.07) is 4.02. The van der Waals surface area contributed by atoms with E-state index >= 15 is 0 Å². The first kappa shape index (κ1) is 19.7. The number of aryl methyl sites for hydroxylation is 1. The highest BCUT2D eigenvalue weighted by Gasteiger charge is 2.61. The van der Waals surface area contributed by atoms with E-state index in [1.165, 1.54) is 0 Å². The van der Waals surface area contributed by atoms with Crippen LogP contribution in [0.4, 0.5) is 4.79 Å². The summed E-state index contributed by atoms with van der Waals surface area (Å²) in [5, 5.41) is 3.21. The lowest BCUT2D eigenvalue weighted by atomic mass is 10.0. The normalized spacial score (nSPS) is 23.8. The van der Waals surface area contributed by atoms with E-state index in [0.717, 1.165) is 16.9 Å². The maximum absolute atomic E-state index is 13.0. The van der Waals surface area contributed by atoms with Gasteiger partial charge in [0.05, 0.1) is 17.4 Å². The molecular formula is C22H30N4O3. The van der Waals surface area contributed by atoms with Crippen molar-refractivity contribution in [1.82, 2.24) is 19.6 Å². The number of likely N-dealkylation sites (tertiary alicyclic amines) is 1. The van der Waals surface area contributed by atoms with Gasteiger partial charge in [-0.05, 0) is 65.0 Å². The summed E-state index contributed by atoms with van der Waals surface area (Å²) < 4.78 is 7.48. The number of hydrogen-bond acceptors (Lipinski definition) is 4. The largest absolute Gasteiger partial charge is 0.444 e. The zero-order valence-electron chi connectivity index (χ0n) is 18.0. The van der Waals surface area contributed by atoms with Gasteiger partial charge in [-0.15, -0.1) is 0 Å². The Morgan fingerprint density at radius 3 is 2.45 bits per heavy atom. The van der Waals surface area contributed by atoms with Crippen LogP contribution in [0.1, 0.15) is 45.9 Å². The van der Waals surface area contributed by atoms with Gasteiger partial charge in [-0.25, -0.2) is 9.78 Å². The molecule has 1 saturated heterocycles. The Balaban J connectivity index is 1.40. The predicted molar refractivity (Wildman–Crippen MR) is 109 cm³/mol. The number of piperidine rings is 1. The molecule has 7 nitrogen and oxygen atoms in total. The number of ether oxygens (including phenoxy) is 1. The summed E-state index contributed by atoms with van der Waals surface area (Å²) in [6.45, 7) is 12.8. The lowest BCUT2D eigenvalue weighted by Crippen LogP contribution is -2.44. The van der Waals surface area contributed by atoms with E-state index in [1.54, 1.807) is 4.90 Å². The Hall–Kier alpha value is -2.57. The van der Waals surface area contributed by atoms with Gasteiger partial charge in [-0.1, -0.05) is 6.07 Å². The molecule has 2 aromatic heterocycles. The molecule has 0 spiro atoms. The molecular weight excluding hydrogens is 368 g/mol. The van der Waals surface area contributed by atoms with Crippen molar-refractivity contribution >= 4 is 17.6 Å². The topological polar surface area (TPSA) is 75.9 Å². The molecule has 1 aliphatic carbocycles. The van der Waals surface area contributed by atoms with Crippen LogP contribution in [0, 0.1) is 24.7 Å². The molecule has 1 saturated carbocycles. The van der Waals surface area contributed by atoms with Crippen LogP contribution in [0.5, 0.6) is 0 Å². The van der Waals surface area contributed by atoms with Gasteiger partial charge in [-0.2, -0.15) is 0 Å². The molecule has 3 atom stereocenters. The molecule has 2 amide bonds. The first-order chi connectivity index (χ1) is 13.5. The summed E-state index contributed by atoms with van der Waals surface area (Å²) in [7, 11) is 0. The Kier molecular flexibility index (Phi) is 4.40. The van der Waals surface area contributed by atoms with Crippen molar-refractivity contribution in [3.63, 3.8) is 0 Å². The molecule has 29 heavy (non-hydrogen) atoms. The van der Waals surface area contributed by atoms with E-state index in [1.807, 2.05) is 70.5 Å². The summed E-state index contributed by atoms with van der Waals surface area (Å²) >= 11 is 0. The van der Waals surface area contributed by atoms with Crippen molar-refractivity contribution < 1.29 is 14.3 Å². The summed E-state index contributed by atoms with van der Waals surface area (Å²) in [6.07, 6.45) is 3.52. The van der Waals surface area contributed by atoms with Crippen LogP contribution in [0.3, 0.4) is 0 Å². The number of pyridine rings is 1. The van der Waals surface area contributed by atoms with Crippen molar-refractivity contribution in [3.8, 4) is 0 Å². The van der Waals surface area contributed by atoms with Crippen LogP contribution in [-0.2, 0) is 15.1 Å². The Morgan fingerprint density at radius 1 is 1.17 bits per heavy atom. The number of amides is 2. The fourth-order valence-corrected chi connectivity index (χ4v) is 4.46. The standard InChI is InChI=1S/C22H30N4O3/c1-13-8-7-9-26-16(10-23-18(13)26)22(5,6)24-19(27)17-14-11-25(12-15(14)17)20(28)29-21(2,3)4/h7-10,14-15,17H,11-12H2,1-6H3,(H,24,27)/t14-,15+,17?. The Labute approximate surface area is 171 Å². The van der Waals surface area contributed by atoms with Crippen molar-refractivity contribution in [2.45, 2.75) is 52.7 Å². The van der Waals surface area contributed by atoms with E-state index in [9.17, 15) is 9.59 Å². The van der Waals surface area contributed by atoms with Crippen molar-refractivity contribution in [2.75, 3.05) is 13.1 Å². The van der Waals surface area contributed by atoms with E-state index in [2.05, 4.69) is 10.3 Å². The van der Waals surface area contributed by atoms with Gasteiger partial charge >= 0.3 is 6.09 Å². The number of rotatable bonds is 3. The van der Waals surface area contributed by atoms with Crippen LogP contribution in [0.15, 0.2) is 24.5 Å². The predicted octanol–water partition coefficient (Wildman–Crippen LogP) is 3.11. The second-order valence-electron chi connectivity index (χ2n) is 9.88. The van der Waals surface area contributed by atoms with Crippen LogP contribution >= 0.6 is 0 Å². The fourth-order valence-electron chi connectivity index (χ4n) is 4.46. The van der Waals surface area contributed by atoms with Gasteiger partial charge in [0.15, 0.2) is 0 Å². The molecule has 2 aliphatic rings. The molecule has 3 heterocycles. The number of fused-ring (bicyclic) bond motifs is 2. The van der Waals surface area contributed by atoms with Crippen LogP contribution in [-0.4, -0.2) is 45.0 Å². The molecule has 0 radical (unpaired) electrons. The minimum absolute atomic E-state index is 0.0334.